The molecule has 4 nitrogen and oxygen atoms in total. The third-order valence-corrected chi connectivity index (χ3v) is 4.27. The summed E-state index contributed by atoms with van der Waals surface area (Å²) >= 11 is 5.84. The van der Waals surface area contributed by atoms with Crippen molar-refractivity contribution in [3.05, 3.63) is 75.0 Å². The van der Waals surface area contributed by atoms with Gasteiger partial charge >= 0.3 is 0 Å². The molecule has 0 radical (unpaired) electrons. The van der Waals surface area contributed by atoms with Gasteiger partial charge in [-0.25, -0.2) is 0 Å². The van der Waals surface area contributed by atoms with Gasteiger partial charge in [0.15, 0.2) is 0 Å². The molecule has 2 aromatic carbocycles. The van der Waals surface area contributed by atoms with Crippen molar-refractivity contribution in [1.82, 2.24) is 4.98 Å². The highest BCUT2D eigenvalue weighted by Crippen LogP contribution is 2.29. The number of nitrogens with one attached hydrogen (secondary N) is 2. The molecule has 0 unspecified atom stereocenters. The fourth-order valence-corrected chi connectivity index (χ4v) is 2.89. The summed E-state index contributed by atoms with van der Waals surface area (Å²) in [5, 5.41) is 4.39. The van der Waals surface area contributed by atoms with Crippen LogP contribution < -0.4 is 10.9 Å². The molecule has 25 heavy (non-hydrogen) atoms. The van der Waals surface area contributed by atoms with Crippen LogP contribution in [0.3, 0.4) is 0 Å². The number of halogens is 1. The molecule has 0 aliphatic heterocycles. The van der Waals surface area contributed by atoms with E-state index in [1.165, 1.54) is 0 Å². The minimum atomic E-state index is -0.231. The van der Waals surface area contributed by atoms with Crippen molar-refractivity contribution in [2.45, 2.75) is 26.2 Å². The van der Waals surface area contributed by atoms with Crippen molar-refractivity contribution in [3.8, 4) is 0 Å². The van der Waals surface area contributed by atoms with E-state index in [-0.39, 0.29) is 16.9 Å². The van der Waals surface area contributed by atoms with Crippen LogP contribution in [0, 0.1) is 0 Å². The van der Waals surface area contributed by atoms with E-state index in [1.807, 2.05) is 12.1 Å². The summed E-state index contributed by atoms with van der Waals surface area (Å²) in [4.78, 5) is 27.1. The fourth-order valence-electron chi connectivity index (χ4n) is 2.76. The fraction of sp³-hybridized carbons (Fsp3) is 0.200. The zero-order valence-electron chi connectivity index (χ0n) is 14.3. The van der Waals surface area contributed by atoms with Crippen molar-refractivity contribution in [3.63, 3.8) is 0 Å². The Morgan fingerprint density at radius 2 is 1.72 bits per heavy atom. The van der Waals surface area contributed by atoms with Gasteiger partial charge in [-0.2, -0.15) is 0 Å². The Balaban J connectivity index is 1.97. The highest BCUT2D eigenvalue weighted by Gasteiger charge is 2.18. The normalized spacial score (nSPS) is 11.5. The summed E-state index contributed by atoms with van der Waals surface area (Å²) in [5.41, 5.74) is 2.50. The van der Waals surface area contributed by atoms with Gasteiger partial charge in [0.1, 0.15) is 0 Å². The molecule has 3 rings (SSSR count). The zero-order valence-corrected chi connectivity index (χ0v) is 15.1. The lowest BCUT2D eigenvalue weighted by atomic mass is 9.85. The number of carbonyl (C=O) groups is 1. The summed E-state index contributed by atoms with van der Waals surface area (Å²) in [5.74, 6) is -0.231. The smallest absolute Gasteiger partial charge is 0.255 e. The van der Waals surface area contributed by atoms with Crippen molar-refractivity contribution in [2.75, 3.05) is 5.32 Å². The van der Waals surface area contributed by atoms with Gasteiger partial charge in [-0.15, -0.1) is 0 Å². The molecule has 1 heterocycles. The van der Waals surface area contributed by atoms with E-state index < -0.39 is 0 Å². The first-order chi connectivity index (χ1) is 11.7. The van der Waals surface area contributed by atoms with Crippen LogP contribution in [0.25, 0.3) is 10.9 Å². The van der Waals surface area contributed by atoms with Gasteiger partial charge in [0, 0.05) is 27.7 Å². The Hall–Kier alpha value is -2.59. The Kier molecular flexibility index (Phi) is 4.39. The number of hydrogen-bond acceptors (Lipinski definition) is 2. The number of amides is 1. The van der Waals surface area contributed by atoms with Crippen molar-refractivity contribution < 1.29 is 4.79 Å². The first-order valence-electron chi connectivity index (χ1n) is 7.98. The van der Waals surface area contributed by atoms with E-state index in [1.54, 1.807) is 36.4 Å². The number of pyridine rings is 1. The number of rotatable bonds is 2. The summed E-state index contributed by atoms with van der Waals surface area (Å²) in [6.45, 7) is 6.20. The molecule has 0 saturated heterocycles. The first-order valence-corrected chi connectivity index (χ1v) is 8.36. The highest BCUT2D eigenvalue weighted by molar-refractivity contribution is 6.30. The van der Waals surface area contributed by atoms with Crippen LogP contribution in [0.4, 0.5) is 5.69 Å². The molecule has 1 amide bonds. The van der Waals surface area contributed by atoms with Crippen LogP contribution in [0.2, 0.25) is 5.02 Å². The number of fused-ring (bicyclic) bond motifs is 1. The lowest BCUT2D eigenvalue weighted by molar-refractivity contribution is 0.102. The Morgan fingerprint density at radius 3 is 2.36 bits per heavy atom. The maximum absolute atomic E-state index is 12.3. The molecule has 2 N–H and O–H groups in total. The lowest BCUT2D eigenvalue weighted by Crippen LogP contribution is -2.17. The predicted molar refractivity (Wildman–Crippen MR) is 103 cm³/mol. The van der Waals surface area contributed by atoms with E-state index >= 15 is 0 Å². The number of aromatic amines is 1. The molecule has 0 atom stereocenters. The molecule has 0 aliphatic carbocycles. The summed E-state index contributed by atoms with van der Waals surface area (Å²) in [7, 11) is 0. The van der Waals surface area contributed by atoms with Crippen LogP contribution in [0.5, 0.6) is 0 Å². The minimum Gasteiger partial charge on any atom is -0.322 e. The maximum Gasteiger partial charge on any atom is 0.255 e. The molecule has 0 spiro atoms. The van der Waals surface area contributed by atoms with Crippen LogP contribution in [0.1, 0.15) is 36.7 Å². The summed E-state index contributed by atoms with van der Waals surface area (Å²) < 4.78 is 0. The quantitative estimate of drug-likeness (QED) is 0.698. The Bertz CT molecular complexity index is 999. The number of hydrogen-bond donors (Lipinski definition) is 2. The number of carbonyl (C=O) groups excluding carboxylic acids is 1. The average molecular weight is 355 g/mol. The van der Waals surface area contributed by atoms with E-state index in [2.05, 4.69) is 31.1 Å². The first kappa shape index (κ1) is 17.2. The molecular weight excluding hydrogens is 336 g/mol. The van der Waals surface area contributed by atoms with Gasteiger partial charge in [-0.1, -0.05) is 38.4 Å². The van der Waals surface area contributed by atoms with Gasteiger partial charge in [0.2, 0.25) is 5.56 Å². The highest BCUT2D eigenvalue weighted by atomic mass is 35.5. The number of anilines is 1. The average Bonchev–Trinajstić information content (AvgIpc) is 2.53. The maximum atomic E-state index is 12.3. The number of aromatic nitrogens is 1. The molecular formula is C20H19ClN2O2. The third-order valence-electron chi connectivity index (χ3n) is 4.02. The molecule has 0 bridgehead atoms. The van der Waals surface area contributed by atoms with Crippen molar-refractivity contribution in [2.24, 2.45) is 0 Å². The third kappa shape index (κ3) is 3.74. The zero-order chi connectivity index (χ0) is 18.2. The van der Waals surface area contributed by atoms with Crippen LogP contribution in [-0.4, -0.2) is 10.9 Å². The second kappa shape index (κ2) is 6.37. The summed E-state index contributed by atoms with van der Waals surface area (Å²) in [6.07, 6.45) is 0. The standard InChI is InChI=1S/C20H19ClN2O2/c1-20(2,3)16-11-18(24)23-17-10-14(8-9-15(16)17)22-19(25)12-4-6-13(21)7-5-12/h4-11H,1-3H3,(H,22,25)(H,23,24). The van der Waals surface area contributed by atoms with Crippen molar-refractivity contribution >= 4 is 34.1 Å². The Morgan fingerprint density at radius 1 is 1.04 bits per heavy atom. The van der Waals surface area contributed by atoms with Gasteiger partial charge in [-0.3, -0.25) is 9.59 Å². The van der Waals surface area contributed by atoms with Gasteiger partial charge in [-0.05, 0) is 47.4 Å². The molecule has 3 aromatic rings. The van der Waals surface area contributed by atoms with E-state index in [0.717, 1.165) is 10.9 Å². The molecule has 1 aromatic heterocycles. The monoisotopic (exact) mass is 354 g/mol. The van der Waals surface area contributed by atoms with Crippen LogP contribution >= 0.6 is 11.6 Å². The van der Waals surface area contributed by atoms with Crippen molar-refractivity contribution in [1.29, 1.82) is 0 Å². The lowest BCUT2D eigenvalue weighted by Gasteiger charge is -2.21. The molecule has 0 aliphatic rings. The molecule has 0 saturated carbocycles. The van der Waals surface area contributed by atoms with Crippen LogP contribution in [0.15, 0.2) is 53.3 Å². The topological polar surface area (TPSA) is 62.0 Å². The van der Waals surface area contributed by atoms with E-state index in [0.29, 0.717) is 21.8 Å². The number of benzene rings is 2. The largest absolute Gasteiger partial charge is 0.322 e. The SMILES string of the molecule is CC(C)(C)c1cc(=O)[nH]c2cc(NC(=O)c3ccc(Cl)cc3)ccc12. The molecule has 128 valence electrons. The predicted octanol–water partition coefficient (Wildman–Crippen LogP) is 4.73. The molecule has 0 fully saturated rings. The van der Waals surface area contributed by atoms with Gasteiger partial charge < -0.3 is 10.3 Å². The van der Waals surface area contributed by atoms with Crippen LogP contribution in [-0.2, 0) is 5.41 Å². The Labute approximate surface area is 150 Å². The molecule has 5 heteroatoms. The second-order valence-electron chi connectivity index (χ2n) is 7.02. The van der Waals surface area contributed by atoms with Gasteiger partial charge in [0.25, 0.3) is 5.91 Å². The minimum absolute atomic E-state index is 0.152. The second-order valence-corrected chi connectivity index (χ2v) is 7.46. The van der Waals surface area contributed by atoms with E-state index in [4.69, 9.17) is 11.6 Å². The number of H-pyrrole nitrogens is 1. The summed E-state index contributed by atoms with van der Waals surface area (Å²) in [6, 6.07) is 13.8. The van der Waals surface area contributed by atoms with Gasteiger partial charge in [0.05, 0.1) is 5.52 Å². The van der Waals surface area contributed by atoms with E-state index in [9.17, 15) is 9.59 Å².